The topological polar surface area (TPSA) is 86.8 Å². The first-order valence-corrected chi connectivity index (χ1v) is 13.1. The van der Waals surface area contributed by atoms with E-state index in [0.717, 1.165) is 49.1 Å². The number of rotatable bonds is 7. The molecule has 200 valence electrons. The molecule has 2 heterocycles. The number of nitrogens with one attached hydrogen (secondary N) is 2. The van der Waals surface area contributed by atoms with Gasteiger partial charge in [0.15, 0.2) is 0 Å². The zero-order valence-corrected chi connectivity index (χ0v) is 22.5. The molecular formula is C31H33N5O3. The molecule has 2 N–H and O–H groups in total. The minimum atomic E-state index is -0.221. The summed E-state index contributed by atoms with van der Waals surface area (Å²) in [7, 11) is 3.77. The van der Waals surface area contributed by atoms with Gasteiger partial charge in [0.05, 0.1) is 0 Å². The summed E-state index contributed by atoms with van der Waals surface area (Å²) < 4.78 is 6.06. The molecule has 3 aromatic carbocycles. The molecule has 8 heteroatoms. The third-order valence-electron chi connectivity index (χ3n) is 7.13. The van der Waals surface area contributed by atoms with Crippen molar-refractivity contribution in [2.75, 3.05) is 45.6 Å². The van der Waals surface area contributed by atoms with Crippen LogP contribution < -0.4 is 15.4 Å². The molecule has 8 nitrogen and oxygen atoms in total. The molecule has 0 unspecified atom stereocenters. The minimum absolute atomic E-state index is 0.136. The van der Waals surface area contributed by atoms with Gasteiger partial charge in [-0.25, -0.2) is 4.98 Å². The molecule has 5 rings (SSSR count). The summed E-state index contributed by atoms with van der Waals surface area (Å²) in [5.41, 5.74) is 3.53. The second-order valence-electron chi connectivity index (χ2n) is 9.92. The van der Waals surface area contributed by atoms with E-state index in [0.29, 0.717) is 28.4 Å². The molecule has 0 bridgehead atoms. The van der Waals surface area contributed by atoms with Crippen LogP contribution in [0.2, 0.25) is 0 Å². The van der Waals surface area contributed by atoms with Crippen molar-refractivity contribution in [3.63, 3.8) is 0 Å². The van der Waals surface area contributed by atoms with Crippen LogP contribution in [0.15, 0.2) is 72.9 Å². The second kappa shape index (κ2) is 11.6. The molecule has 2 amide bonds. The summed E-state index contributed by atoms with van der Waals surface area (Å²) in [4.78, 5) is 34.3. The van der Waals surface area contributed by atoms with Crippen molar-refractivity contribution in [3.05, 3.63) is 95.2 Å². The predicted molar refractivity (Wildman–Crippen MR) is 154 cm³/mol. The third kappa shape index (κ3) is 6.25. The highest BCUT2D eigenvalue weighted by atomic mass is 16.5. The number of aryl methyl sites for hydroxylation is 1. The van der Waals surface area contributed by atoms with Crippen LogP contribution in [0.4, 0.5) is 5.82 Å². The molecule has 1 aliphatic rings. The number of benzene rings is 3. The van der Waals surface area contributed by atoms with Gasteiger partial charge in [0.25, 0.3) is 11.8 Å². The first kappa shape index (κ1) is 26.3. The van der Waals surface area contributed by atoms with Crippen LogP contribution >= 0.6 is 0 Å². The van der Waals surface area contributed by atoms with Gasteiger partial charge in [-0.15, -0.1) is 0 Å². The fourth-order valence-corrected chi connectivity index (χ4v) is 4.79. The molecule has 1 saturated heterocycles. The largest absolute Gasteiger partial charge is 0.457 e. The van der Waals surface area contributed by atoms with E-state index in [9.17, 15) is 9.59 Å². The Bertz CT molecular complexity index is 1510. The van der Waals surface area contributed by atoms with Crippen molar-refractivity contribution < 1.29 is 14.3 Å². The number of amides is 2. The number of carbonyl (C=O) groups excluding carboxylic acids is 2. The summed E-state index contributed by atoms with van der Waals surface area (Å²) in [5, 5.41) is 7.29. The summed E-state index contributed by atoms with van der Waals surface area (Å²) in [6.45, 7) is 7.21. The Morgan fingerprint density at radius 2 is 1.72 bits per heavy atom. The number of nitrogens with zero attached hydrogens (tertiary/aromatic N) is 3. The van der Waals surface area contributed by atoms with E-state index < -0.39 is 0 Å². The highest BCUT2D eigenvalue weighted by Gasteiger charge is 2.16. The maximum absolute atomic E-state index is 13.0. The lowest BCUT2D eigenvalue weighted by atomic mass is 10.0. The van der Waals surface area contributed by atoms with E-state index in [2.05, 4.69) is 39.4 Å². The Kier molecular flexibility index (Phi) is 7.86. The Morgan fingerprint density at radius 1 is 0.923 bits per heavy atom. The fraction of sp³-hybridized carbons (Fsp3) is 0.258. The second-order valence-corrected chi connectivity index (χ2v) is 9.92. The van der Waals surface area contributed by atoms with Gasteiger partial charge in [-0.2, -0.15) is 0 Å². The summed E-state index contributed by atoms with van der Waals surface area (Å²) in [6.07, 6.45) is 1.60. The van der Waals surface area contributed by atoms with Crippen LogP contribution in [0.3, 0.4) is 0 Å². The maximum atomic E-state index is 13.0. The summed E-state index contributed by atoms with van der Waals surface area (Å²) in [5.74, 6) is 1.21. The van der Waals surface area contributed by atoms with Gasteiger partial charge in [-0.3, -0.25) is 14.5 Å². The van der Waals surface area contributed by atoms with Crippen LogP contribution in [0.25, 0.3) is 10.8 Å². The first-order chi connectivity index (χ1) is 18.9. The smallest absolute Gasteiger partial charge is 0.256 e. The number of fused-ring (bicyclic) bond motifs is 1. The van der Waals surface area contributed by atoms with Crippen molar-refractivity contribution >= 4 is 28.4 Å². The van der Waals surface area contributed by atoms with Gasteiger partial charge in [0, 0.05) is 63.2 Å². The zero-order valence-electron chi connectivity index (χ0n) is 22.5. The quantitative estimate of drug-likeness (QED) is 0.365. The number of hydrogen-bond donors (Lipinski definition) is 2. The lowest BCUT2D eigenvalue weighted by Gasteiger charge is -2.32. The van der Waals surface area contributed by atoms with Crippen LogP contribution in [-0.2, 0) is 6.54 Å². The van der Waals surface area contributed by atoms with E-state index in [1.165, 1.54) is 5.56 Å². The Labute approximate surface area is 228 Å². The average molecular weight is 524 g/mol. The van der Waals surface area contributed by atoms with E-state index in [4.69, 9.17) is 4.74 Å². The third-order valence-corrected chi connectivity index (χ3v) is 7.13. The number of piperazine rings is 1. The molecule has 0 atom stereocenters. The minimum Gasteiger partial charge on any atom is -0.457 e. The monoisotopic (exact) mass is 523 g/mol. The van der Waals surface area contributed by atoms with E-state index >= 15 is 0 Å². The Morgan fingerprint density at radius 3 is 2.49 bits per heavy atom. The molecule has 0 saturated carbocycles. The highest BCUT2D eigenvalue weighted by molar-refractivity contribution is 6.07. The molecule has 0 spiro atoms. The van der Waals surface area contributed by atoms with Crippen LogP contribution in [-0.4, -0.2) is 66.9 Å². The molecule has 0 radical (unpaired) electrons. The molecule has 1 aromatic heterocycles. The van der Waals surface area contributed by atoms with Crippen molar-refractivity contribution in [2.45, 2.75) is 13.5 Å². The van der Waals surface area contributed by atoms with Gasteiger partial charge in [0.2, 0.25) is 0 Å². The highest BCUT2D eigenvalue weighted by Crippen LogP contribution is 2.28. The summed E-state index contributed by atoms with van der Waals surface area (Å²) >= 11 is 0. The molecule has 1 aliphatic heterocycles. The number of anilines is 1. The number of pyridine rings is 1. The SMILES string of the molecule is CNC(=O)c1cccc2cc(Oc3ccnc(NC(=O)c4ccc(CN5CCN(C)CC5)c(C)c4)c3)ccc12. The summed E-state index contributed by atoms with van der Waals surface area (Å²) in [6, 6.07) is 20.4. The number of hydrogen-bond acceptors (Lipinski definition) is 6. The molecule has 1 fully saturated rings. The Balaban J connectivity index is 1.25. The van der Waals surface area contributed by atoms with E-state index in [1.807, 2.05) is 48.5 Å². The van der Waals surface area contributed by atoms with Gasteiger partial charge < -0.3 is 20.3 Å². The number of aromatic nitrogens is 1. The molecule has 0 aliphatic carbocycles. The first-order valence-electron chi connectivity index (χ1n) is 13.1. The molecular weight excluding hydrogens is 490 g/mol. The van der Waals surface area contributed by atoms with Crippen molar-refractivity contribution in [3.8, 4) is 11.5 Å². The van der Waals surface area contributed by atoms with Crippen LogP contribution in [0, 0.1) is 6.92 Å². The number of carbonyl (C=O) groups is 2. The van der Waals surface area contributed by atoms with Crippen LogP contribution in [0.1, 0.15) is 31.8 Å². The zero-order chi connectivity index (χ0) is 27.4. The maximum Gasteiger partial charge on any atom is 0.256 e. The average Bonchev–Trinajstić information content (AvgIpc) is 2.94. The number of likely N-dealkylation sites (N-methyl/N-ethyl adjacent to an activating group) is 1. The van der Waals surface area contributed by atoms with Crippen molar-refractivity contribution in [1.82, 2.24) is 20.1 Å². The standard InChI is InChI=1S/C31H33N5O3/c1-21-17-23(7-8-24(21)20-36-15-13-35(3)14-16-36)30(37)34-29-19-26(11-12-33-29)39-25-9-10-27-22(18-25)5-4-6-28(27)31(38)32-2/h4-12,17-19H,13-16,20H2,1-3H3,(H,32,38)(H,33,34,37). The molecule has 4 aromatic rings. The van der Waals surface area contributed by atoms with Crippen molar-refractivity contribution in [1.29, 1.82) is 0 Å². The lowest BCUT2D eigenvalue weighted by molar-refractivity contribution is 0.0963. The predicted octanol–water partition coefficient (Wildman–Crippen LogP) is 4.69. The van der Waals surface area contributed by atoms with E-state index in [-0.39, 0.29) is 11.8 Å². The van der Waals surface area contributed by atoms with Gasteiger partial charge >= 0.3 is 0 Å². The van der Waals surface area contributed by atoms with Gasteiger partial charge in [0.1, 0.15) is 17.3 Å². The normalized spacial score (nSPS) is 14.2. The Hall–Kier alpha value is -4.27. The molecule has 39 heavy (non-hydrogen) atoms. The van der Waals surface area contributed by atoms with Crippen molar-refractivity contribution in [2.24, 2.45) is 0 Å². The van der Waals surface area contributed by atoms with Gasteiger partial charge in [-0.05, 0) is 78.3 Å². The van der Waals surface area contributed by atoms with Gasteiger partial charge in [-0.1, -0.05) is 18.2 Å². The van der Waals surface area contributed by atoms with Crippen LogP contribution in [0.5, 0.6) is 11.5 Å². The van der Waals surface area contributed by atoms with E-state index in [1.54, 1.807) is 31.4 Å². The fourth-order valence-electron chi connectivity index (χ4n) is 4.79. The lowest BCUT2D eigenvalue weighted by Crippen LogP contribution is -2.43. The number of ether oxygens (including phenoxy) is 1.